The van der Waals surface area contributed by atoms with Crippen molar-refractivity contribution in [3.8, 4) is 0 Å². The van der Waals surface area contributed by atoms with Gasteiger partial charge in [0.25, 0.3) is 0 Å². The first-order valence-electron chi connectivity index (χ1n) is 6.58. The second kappa shape index (κ2) is 5.85. The molecule has 2 heteroatoms. The number of hydrogen-bond acceptors (Lipinski definition) is 1. The lowest BCUT2D eigenvalue weighted by molar-refractivity contribution is -0.132. The van der Waals surface area contributed by atoms with E-state index in [1.807, 2.05) is 6.07 Å². The molecule has 1 aliphatic rings. The Balaban J connectivity index is 1.90. The predicted octanol–water partition coefficient (Wildman–Crippen LogP) is 3.02. The first kappa shape index (κ1) is 12.2. The SMILES string of the molecule is CC(=O)N1CCCCC1CCc1ccccc1. The normalized spacial score (nSPS) is 20.3. The molecule has 1 unspecified atom stereocenters. The number of rotatable bonds is 3. The lowest BCUT2D eigenvalue weighted by Crippen LogP contribution is -2.42. The number of amides is 1. The Kier molecular flexibility index (Phi) is 4.18. The van der Waals surface area contributed by atoms with Crippen LogP contribution in [0.3, 0.4) is 0 Å². The van der Waals surface area contributed by atoms with Gasteiger partial charge in [0.15, 0.2) is 0 Å². The topological polar surface area (TPSA) is 20.3 Å². The molecule has 0 spiro atoms. The Morgan fingerprint density at radius 1 is 1.29 bits per heavy atom. The van der Waals surface area contributed by atoms with Crippen molar-refractivity contribution in [2.24, 2.45) is 0 Å². The minimum absolute atomic E-state index is 0.239. The van der Waals surface area contributed by atoms with Gasteiger partial charge in [-0.2, -0.15) is 0 Å². The summed E-state index contributed by atoms with van der Waals surface area (Å²) in [6.45, 7) is 2.65. The smallest absolute Gasteiger partial charge is 0.219 e. The van der Waals surface area contributed by atoms with Crippen LogP contribution in [0.2, 0.25) is 0 Å². The van der Waals surface area contributed by atoms with E-state index < -0.39 is 0 Å². The van der Waals surface area contributed by atoms with Gasteiger partial charge in [-0.3, -0.25) is 4.79 Å². The van der Waals surface area contributed by atoms with Crippen LogP contribution < -0.4 is 0 Å². The largest absolute Gasteiger partial charge is 0.340 e. The summed E-state index contributed by atoms with van der Waals surface area (Å²) >= 11 is 0. The second-order valence-corrected chi connectivity index (χ2v) is 4.89. The second-order valence-electron chi connectivity index (χ2n) is 4.89. The molecule has 1 heterocycles. The van der Waals surface area contributed by atoms with Gasteiger partial charge in [-0.1, -0.05) is 30.3 Å². The number of aryl methyl sites for hydroxylation is 1. The van der Waals surface area contributed by atoms with Crippen molar-refractivity contribution in [2.75, 3.05) is 6.54 Å². The van der Waals surface area contributed by atoms with Crippen LogP contribution in [0.5, 0.6) is 0 Å². The van der Waals surface area contributed by atoms with E-state index in [1.165, 1.54) is 24.8 Å². The molecule has 1 aliphatic heterocycles. The van der Waals surface area contributed by atoms with Crippen LogP contribution in [-0.2, 0) is 11.2 Å². The molecule has 1 aromatic carbocycles. The summed E-state index contributed by atoms with van der Waals surface area (Å²) in [5.41, 5.74) is 1.38. The maximum Gasteiger partial charge on any atom is 0.219 e. The molecule has 0 aromatic heterocycles. The van der Waals surface area contributed by atoms with Gasteiger partial charge in [0.05, 0.1) is 0 Å². The highest BCUT2D eigenvalue weighted by molar-refractivity contribution is 5.73. The Bertz CT molecular complexity index is 360. The Labute approximate surface area is 104 Å². The molecular weight excluding hydrogens is 210 g/mol. The van der Waals surface area contributed by atoms with Gasteiger partial charge < -0.3 is 4.90 Å². The summed E-state index contributed by atoms with van der Waals surface area (Å²) < 4.78 is 0. The molecule has 0 radical (unpaired) electrons. The summed E-state index contributed by atoms with van der Waals surface area (Å²) in [6.07, 6.45) is 5.79. The van der Waals surface area contributed by atoms with Crippen LogP contribution in [0.25, 0.3) is 0 Å². The third-order valence-electron chi connectivity index (χ3n) is 3.64. The zero-order chi connectivity index (χ0) is 12.1. The van der Waals surface area contributed by atoms with Crippen LogP contribution in [0.4, 0.5) is 0 Å². The highest BCUT2D eigenvalue weighted by Gasteiger charge is 2.23. The molecule has 0 bridgehead atoms. The van der Waals surface area contributed by atoms with Crippen LogP contribution in [0.1, 0.15) is 38.2 Å². The average Bonchev–Trinajstić information content (AvgIpc) is 2.38. The fourth-order valence-electron chi connectivity index (χ4n) is 2.69. The molecule has 2 nitrogen and oxygen atoms in total. The Morgan fingerprint density at radius 2 is 2.06 bits per heavy atom. The van der Waals surface area contributed by atoms with E-state index in [1.54, 1.807) is 6.92 Å². The average molecular weight is 231 g/mol. The molecule has 0 saturated carbocycles. The maximum absolute atomic E-state index is 11.5. The molecule has 17 heavy (non-hydrogen) atoms. The van der Waals surface area contributed by atoms with Crippen molar-refractivity contribution >= 4 is 5.91 Å². The molecule has 1 aromatic rings. The van der Waals surface area contributed by atoms with Crippen molar-refractivity contribution in [3.05, 3.63) is 35.9 Å². The third-order valence-corrected chi connectivity index (χ3v) is 3.64. The van der Waals surface area contributed by atoms with Crippen LogP contribution >= 0.6 is 0 Å². The molecule has 1 atom stereocenters. The number of likely N-dealkylation sites (tertiary alicyclic amines) is 1. The fraction of sp³-hybridized carbons (Fsp3) is 0.533. The van der Waals surface area contributed by atoms with Crippen molar-refractivity contribution in [3.63, 3.8) is 0 Å². The van der Waals surface area contributed by atoms with Gasteiger partial charge in [0.2, 0.25) is 5.91 Å². The lowest BCUT2D eigenvalue weighted by atomic mass is 9.96. The van der Waals surface area contributed by atoms with Crippen LogP contribution in [-0.4, -0.2) is 23.4 Å². The highest BCUT2D eigenvalue weighted by atomic mass is 16.2. The number of piperidine rings is 1. The molecule has 1 fully saturated rings. The van der Waals surface area contributed by atoms with Gasteiger partial charge in [0, 0.05) is 19.5 Å². The summed E-state index contributed by atoms with van der Waals surface area (Å²) in [5.74, 6) is 0.239. The van der Waals surface area contributed by atoms with Crippen molar-refractivity contribution in [1.82, 2.24) is 4.90 Å². The van der Waals surface area contributed by atoms with E-state index in [-0.39, 0.29) is 5.91 Å². The Morgan fingerprint density at radius 3 is 2.76 bits per heavy atom. The minimum Gasteiger partial charge on any atom is -0.340 e. The lowest BCUT2D eigenvalue weighted by Gasteiger charge is -2.35. The van der Waals surface area contributed by atoms with E-state index in [0.29, 0.717) is 6.04 Å². The van der Waals surface area contributed by atoms with Gasteiger partial charge in [-0.25, -0.2) is 0 Å². The zero-order valence-corrected chi connectivity index (χ0v) is 10.6. The van der Waals surface area contributed by atoms with Gasteiger partial charge in [-0.15, -0.1) is 0 Å². The van der Waals surface area contributed by atoms with Crippen LogP contribution in [0, 0.1) is 0 Å². The van der Waals surface area contributed by atoms with Crippen LogP contribution in [0.15, 0.2) is 30.3 Å². The summed E-state index contributed by atoms with van der Waals surface area (Å²) in [4.78, 5) is 13.6. The van der Waals surface area contributed by atoms with Crippen molar-refractivity contribution in [2.45, 2.75) is 45.1 Å². The molecule has 92 valence electrons. The number of nitrogens with zero attached hydrogens (tertiary/aromatic N) is 1. The predicted molar refractivity (Wildman–Crippen MR) is 69.8 cm³/mol. The molecule has 2 rings (SSSR count). The fourth-order valence-corrected chi connectivity index (χ4v) is 2.69. The highest BCUT2D eigenvalue weighted by Crippen LogP contribution is 2.21. The first-order chi connectivity index (χ1) is 8.27. The first-order valence-corrected chi connectivity index (χ1v) is 6.58. The summed E-state index contributed by atoms with van der Waals surface area (Å²) in [5, 5.41) is 0. The number of hydrogen-bond donors (Lipinski definition) is 0. The zero-order valence-electron chi connectivity index (χ0n) is 10.6. The molecule has 1 saturated heterocycles. The van der Waals surface area contributed by atoms with E-state index in [9.17, 15) is 4.79 Å². The molecule has 0 N–H and O–H groups in total. The quantitative estimate of drug-likeness (QED) is 0.783. The summed E-state index contributed by atoms with van der Waals surface area (Å²) in [7, 11) is 0. The molecule has 1 amide bonds. The minimum atomic E-state index is 0.239. The van der Waals surface area contributed by atoms with E-state index >= 15 is 0 Å². The molecule has 0 aliphatic carbocycles. The van der Waals surface area contributed by atoms with Crippen molar-refractivity contribution in [1.29, 1.82) is 0 Å². The maximum atomic E-state index is 11.5. The van der Waals surface area contributed by atoms with Gasteiger partial charge in [-0.05, 0) is 37.7 Å². The molecular formula is C15H21NO. The van der Waals surface area contributed by atoms with E-state index in [0.717, 1.165) is 19.4 Å². The van der Waals surface area contributed by atoms with Gasteiger partial charge >= 0.3 is 0 Å². The number of carbonyl (C=O) groups excluding carboxylic acids is 1. The number of benzene rings is 1. The van der Waals surface area contributed by atoms with Gasteiger partial charge in [0.1, 0.15) is 0 Å². The Hall–Kier alpha value is -1.31. The number of carbonyl (C=O) groups is 1. The van der Waals surface area contributed by atoms with E-state index in [4.69, 9.17) is 0 Å². The standard InChI is InChI=1S/C15H21NO/c1-13(17)16-12-6-5-9-15(16)11-10-14-7-3-2-4-8-14/h2-4,7-8,15H,5-6,9-12H2,1H3. The third kappa shape index (κ3) is 3.32. The monoisotopic (exact) mass is 231 g/mol. The van der Waals surface area contributed by atoms with E-state index in [2.05, 4.69) is 29.2 Å². The summed E-state index contributed by atoms with van der Waals surface area (Å²) in [6, 6.07) is 11.0. The van der Waals surface area contributed by atoms with Crippen molar-refractivity contribution < 1.29 is 4.79 Å².